The first-order valence-electron chi connectivity index (χ1n) is 21.0. The molecule has 0 N–H and O–H groups in total. The Labute approximate surface area is 348 Å². The van der Waals surface area contributed by atoms with E-state index < -0.39 is 0 Å². The highest BCUT2D eigenvalue weighted by Crippen LogP contribution is 2.49. The summed E-state index contributed by atoms with van der Waals surface area (Å²) >= 11 is 0. The maximum Gasteiger partial charge on any atom is 0.164 e. The maximum atomic E-state index is 6.34. The van der Waals surface area contributed by atoms with Gasteiger partial charge in [0.15, 0.2) is 17.5 Å². The Bertz CT molecular complexity index is 3570. The van der Waals surface area contributed by atoms with Gasteiger partial charge < -0.3 is 8.98 Å². The molecule has 0 fully saturated rings. The molecule has 0 amide bonds. The van der Waals surface area contributed by atoms with Gasteiger partial charge in [0.05, 0.1) is 16.7 Å². The molecule has 0 atom stereocenters. The number of para-hydroxylation sites is 2. The van der Waals surface area contributed by atoms with Crippen LogP contribution in [0, 0.1) is 0 Å². The maximum absolute atomic E-state index is 6.34. The first kappa shape index (κ1) is 34.9. The van der Waals surface area contributed by atoms with E-state index >= 15 is 0 Å². The van der Waals surface area contributed by atoms with Crippen molar-refractivity contribution < 1.29 is 4.42 Å². The highest BCUT2D eigenvalue weighted by molar-refractivity contribution is 6.12. The minimum atomic E-state index is 0.0837. The van der Waals surface area contributed by atoms with Crippen molar-refractivity contribution in [2.24, 2.45) is 0 Å². The smallest absolute Gasteiger partial charge is 0.164 e. The van der Waals surface area contributed by atoms with Gasteiger partial charge in [0.1, 0.15) is 11.2 Å². The van der Waals surface area contributed by atoms with Crippen LogP contribution in [-0.2, 0) is 10.8 Å². The Morgan fingerprint density at radius 3 is 1.83 bits per heavy atom. The van der Waals surface area contributed by atoms with Crippen molar-refractivity contribution in [2.45, 2.75) is 51.4 Å². The minimum absolute atomic E-state index is 0.0837. The number of hydrogen-bond acceptors (Lipinski definition) is 4. The van der Waals surface area contributed by atoms with E-state index in [2.05, 4.69) is 172 Å². The molecule has 0 aliphatic heterocycles. The number of rotatable bonds is 4. The summed E-state index contributed by atoms with van der Waals surface area (Å²) in [6.07, 6.45) is 2.34. The average Bonchev–Trinajstić information content (AvgIpc) is 3.82. The van der Waals surface area contributed by atoms with Crippen LogP contribution < -0.4 is 0 Å². The lowest BCUT2D eigenvalue weighted by molar-refractivity contribution is 0.332. The summed E-state index contributed by atoms with van der Waals surface area (Å²) in [5.74, 6) is 1.84. The summed E-state index contributed by atoms with van der Waals surface area (Å²) in [5, 5.41) is 9.25. The van der Waals surface area contributed by atoms with Crippen LogP contribution in [0.3, 0.4) is 0 Å². The van der Waals surface area contributed by atoms with Crippen LogP contribution >= 0.6 is 0 Å². The van der Waals surface area contributed by atoms with E-state index in [9.17, 15) is 0 Å². The Kier molecular flexibility index (Phi) is 7.38. The van der Waals surface area contributed by atoms with Crippen LogP contribution in [-0.4, -0.2) is 19.5 Å². The third kappa shape index (κ3) is 5.28. The van der Waals surface area contributed by atoms with Crippen LogP contribution in [0.4, 0.5) is 0 Å². The highest BCUT2D eigenvalue weighted by Gasteiger charge is 2.38. The SMILES string of the molecule is CC1(C)CCC(C)(C)c2cc3c(cc21)c1ccccc1n3-c1ccc(-c2nc(-c3ccc4ccccc4c3)nc(-c3ccc4c(c3)oc3ccccc34)n2)c2ccccc12. The molecule has 12 rings (SSSR count). The minimum Gasteiger partial charge on any atom is -0.456 e. The second-order valence-corrected chi connectivity index (χ2v) is 17.9. The first-order valence-corrected chi connectivity index (χ1v) is 21.0. The molecule has 288 valence electrons. The monoisotopic (exact) mass is 774 g/mol. The normalized spacial score (nSPS) is 14.8. The number of furan rings is 1. The third-order valence-corrected chi connectivity index (χ3v) is 13.3. The lowest BCUT2D eigenvalue weighted by atomic mass is 9.63. The molecule has 0 unspecified atom stereocenters. The van der Waals surface area contributed by atoms with Crippen molar-refractivity contribution in [2.75, 3.05) is 0 Å². The summed E-state index contributed by atoms with van der Waals surface area (Å²) in [4.78, 5) is 15.7. The zero-order chi connectivity index (χ0) is 40.3. The summed E-state index contributed by atoms with van der Waals surface area (Å²) in [7, 11) is 0. The van der Waals surface area contributed by atoms with Gasteiger partial charge in [-0.05, 0) is 106 Å². The van der Waals surface area contributed by atoms with Crippen molar-refractivity contribution in [3.63, 3.8) is 0 Å². The van der Waals surface area contributed by atoms with E-state index in [1.54, 1.807) is 0 Å². The topological polar surface area (TPSA) is 56.7 Å². The Hall–Kier alpha value is -7.11. The predicted octanol–water partition coefficient (Wildman–Crippen LogP) is 14.5. The van der Waals surface area contributed by atoms with Crippen molar-refractivity contribution in [1.82, 2.24) is 19.5 Å². The second kappa shape index (κ2) is 12.7. The van der Waals surface area contributed by atoms with Gasteiger partial charge in [-0.3, -0.25) is 0 Å². The molecule has 11 aromatic rings. The van der Waals surface area contributed by atoms with E-state index in [0.717, 1.165) is 66.9 Å². The molecule has 0 radical (unpaired) electrons. The molecule has 0 bridgehead atoms. The summed E-state index contributed by atoms with van der Waals surface area (Å²) in [6, 6.07) is 56.3. The van der Waals surface area contributed by atoms with E-state index in [4.69, 9.17) is 19.4 Å². The van der Waals surface area contributed by atoms with Crippen molar-refractivity contribution in [1.29, 1.82) is 0 Å². The molecular formula is C55H42N4O. The number of fused-ring (bicyclic) bond motifs is 9. The fourth-order valence-electron chi connectivity index (χ4n) is 9.91. The molecule has 8 aromatic carbocycles. The van der Waals surface area contributed by atoms with Crippen molar-refractivity contribution >= 4 is 65.3 Å². The van der Waals surface area contributed by atoms with Gasteiger partial charge in [-0.25, -0.2) is 15.0 Å². The Balaban J connectivity index is 1.09. The molecule has 3 aromatic heterocycles. The highest BCUT2D eigenvalue weighted by atomic mass is 16.3. The Morgan fingerprint density at radius 2 is 1.03 bits per heavy atom. The number of hydrogen-bond donors (Lipinski definition) is 0. The van der Waals surface area contributed by atoms with Crippen LogP contribution in [0.25, 0.3) is 105 Å². The zero-order valence-corrected chi connectivity index (χ0v) is 34.1. The molecule has 0 saturated carbocycles. The van der Waals surface area contributed by atoms with E-state index in [-0.39, 0.29) is 10.8 Å². The predicted molar refractivity (Wildman–Crippen MR) is 248 cm³/mol. The summed E-state index contributed by atoms with van der Waals surface area (Å²) in [5.41, 5.74) is 11.1. The fourth-order valence-corrected chi connectivity index (χ4v) is 9.91. The standard InChI is InChI=1S/C55H42N4O/c1-54(2)27-28-55(3,4)45-32-48-43(31-44(45)54)39-17-9-11-19-46(39)59(48)47-26-25-42(37-15-7-8-16-38(37)47)53-57-51(35-22-21-33-13-5-6-14-34(33)29-35)56-52(58-53)36-23-24-41-40-18-10-12-20-49(40)60-50(41)30-36/h5-26,29-32H,27-28H2,1-4H3. The molecular weight excluding hydrogens is 733 g/mol. The lowest BCUT2D eigenvalue weighted by Crippen LogP contribution is -2.33. The van der Waals surface area contributed by atoms with Crippen molar-refractivity contribution in [3.8, 4) is 39.9 Å². The molecule has 60 heavy (non-hydrogen) atoms. The molecule has 0 saturated heterocycles. The lowest BCUT2D eigenvalue weighted by Gasteiger charge is -2.42. The molecule has 5 heteroatoms. The summed E-state index contributed by atoms with van der Waals surface area (Å²) < 4.78 is 8.82. The van der Waals surface area contributed by atoms with Gasteiger partial charge >= 0.3 is 0 Å². The second-order valence-electron chi connectivity index (χ2n) is 17.9. The third-order valence-electron chi connectivity index (χ3n) is 13.3. The van der Waals surface area contributed by atoms with Crippen LogP contribution in [0.15, 0.2) is 162 Å². The van der Waals surface area contributed by atoms with E-state index in [0.29, 0.717) is 17.5 Å². The summed E-state index contributed by atoms with van der Waals surface area (Å²) in [6.45, 7) is 9.64. The van der Waals surface area contributed by atoms with E-state index in [1.807, 2.05) is 18.2 Å². The van der Waals surface area contributed by atoms with Gasteiger partial charge in [0, 0.05) is 43.6 Å². The Morgan fingerprint density at radius 1 is 0.433 bits per heavy atom. The number of aromatic nitrogens is 4. The zero-order valence-electron chi connectivity index (χ0n) is 34.1. The van der Waals surface area contributed by atoms with Crippen LogP contribution in [0.1, 0.15) is 51.7 Å². The van der Waals surface area contributed by atoms with Crippen LogP contribution in [0.2, 0.25) is 0 Å². The van der Waals surface area contributed by atoms with E-state index in [1.165, 1.54) is 44.7 Å². The quantitative estimate of drug-likeness (QED) is 0.179. The molecule has 1 aliphatic carbocycles. The first-order chi connectivity index (χ1) is 29.2. The molecule has 5 nitrogen and oxygen atoms in total. The van der Waals surface area contributed by atoms with Gasteiger partial charge in [0.2, 0.25) is 0 Å². The fraction of sp³-hybridized carbons (Fsp3) is 0.145. The van der Waals surface area contributed by atoms with Gasteiger partial charge in [-0.2, -0.15) is 0 Å². The molecule has 3 heterocycles. The molecule has 1 aliphatic rings. The van der Waals surface area contributed by atoms with Gasteiger partial charge in [-0.15, -0.1) is 0 Å². The van der Waals surface area contributed by atoms with Crippen molar-refractivity contribution in [3.05, 3.63) is 169 Å². The average molecular weight is 775 g/mol. The largest absolute Gasteiger partial charge is 0.456 e. The van der Waals surface area contributed by atoms with Gasteiger partial charge in [0.25, 0.3) is 0 Å². The number of benzene rings is 8. The number of nitrogens with zero attached hydrogens (tertiary/aromatic N) is 4. The molecule has 0 spiro atoms. The van der Waals surface area contributed by atoms with Crippen LogP contribution in [0.5, 0.6) is 0 Å². The van der Waals surface area contributed by atoms with Gasteiger partial charge in [-0.1, -0.05) is 131 Å².